The standard InChI is InChI=1S/C21H28N4S/c1-3-5-12-24-19-14-20(23)25(13-6-4-2)21(18(19)15-22)26-16-17-10-8-7-9-11-17/h7-11,14H,3-6,12-13,16H2,1-2H3,(H2,23,24)/p+1. The maximum atomic E-state index is 9.84. The number of anilines is 2. The quantitative estimate of drug-likeness (QED) is 0.361. The maximum Gasteiger partial charge on any atom is 0.275 e. The van der Waals surface area contributed by atoms with Crippen molar-refractivity contribution >= 4 is 23.3 Å². The van der Waals surface area contributed by atoms with Gasteiger partial charge in [0.2, 0.25) is 0 Å². The summed E-state index contributed by atoms with van der Waals surface area (Å²) in [6, 6.07) is 14.7. The average molecular weight is 370 g/mol. The number of benzene rings is 1. The van der Waals surface area contributed by atoms with E-state index in [0.29, 0.717) is 11.4 Å². The number of unbranched alkanes of at least 4 members (excludes halogenated alkanes) is 2. The van der Waals surface area contributed by atoms with Crippen molar-refractivity contribution in [2.75, 3.05) is 17.6 Å². The molecule has 26 heavy (non-hydrogen) atoms. The highest BCUT2D eigenvalue weighted by molar-refractivity contribution is 7.98. The largest absolute Gasteiger partial charge is 0.384 e. The number of thioether (sulfide) groups is 1. The third-order valence-corrected chi connectivity index (χ3v) is 5.42. The fraction of sp³-hybridized carbons (Fsp3) is 0.429. The molecule has 0 atom stereocenters. The Morgan fingerprint density at radius 3 is 2.54 bits per heavy atom. The summed E-state index contributed by atoms with van der Waals surface area (Å²) >= 11 is 1.69. The minimum absolute atomic E-state index is 0.701. The van der Waals surface area contributed by atoms with E-state index in [1.54, 1.807) is 11.8 Å². The third-order valence-electron chi connectivity index (χ3n) is 4.24. The van der Waals surface area contributed by atoms with E-state index in [2.05, 4.69) is 41.9 Å². The molecule has 1 heterocycles. The molecule has 0 amide bonds. The molecule has 0 bridgehead atoms. The van der Waals surface area contributed by atoms with Crippen LogP contribution in [0.4, 0.5) is 11.5 Å². The molecule has 138 valence electrons. The fourth-order valence-electron chi connectivity index (χ4n) is 2.74. The first-order chi connectivity index (χ1) is 12.7. The number of nitrogens with zero attached hydrogens (tertiary/aromatic N) is 2. The van der Waals surface area contributed by atoms with Crippen LogP contribution in [0.25, 0.3) is 0 Å². The summed E-state index contributed by atoms with van der Waals surface area (Å²) in [6.07, 6.45) is 4.32. The first-order valence-electron chi connectivity index (χ1n) is 9.38. The Morgan fingerprint density at radius 2 is 1.88 bits per heavy atom. The summed E-state index contributed by atoms with van der Waals surface area (Å²) in [7, 11) is 0. The van der Waals surface area contributed by atoms with Gasteiger partial charge in [-0.05, 0) is 18.4 Å². The predicted octanol–water partition coefficient (Wildman–Crippen LogP) is 4.73. The second-order valence-corrected chi connectivity index (χ2v) is 7.30. The van der Waals surface area contributed by atoms with Gasteiger partial charge in [-0.1, -0.05) is 68.8 Å². The predicted molar refractivity (Wildman–Crippen MR) is 110 cm³/mol. The summed E-state index contributed by atoms with van der Waals surface area (Å²) in [4.78, 5) is 0. The molecule has 0 spiro atoms. The van der Waals surface area contributed by atoms with Crippen LogP contribution >= 0.6 is 11.8 Å². The van der Waals surface area contributed by atoms with Crippen molar-refractivity contribution in [3.05, 3.63) is 47.5 Å². The maximum absolute atomic E-state index is 9.84. The summed E-state index contributed by atoms with van der Waals surface area (Å²) in [5, 5.41) is 14.2. The van der Waals surface area contributed by atoms with E-state index in [0.717, 1.165) is 55.2 Å². The number of hydrogen-bond acceptors (Lipinski definition) is 4. The first kappa shape index (κ1) is 20.1. The van der Waals surface area contributed by atoms with Gasteiger partial charge in [0, 0.05) is 12.3 Å². The van der Waals surface area contributed by atoms with Crippen LogP contribution in [0.15, 0.2) is 41.4 Å². The van der Waals surface area contributed by atoms with Gasteiger partial charge in [-0.25, -0.2) is 4.57 Å². The summed E-state index contributed by atoms with van der Waals surface area (Å²) in [5.41, 5.74) is 9.15. The van der Waals surface area contributed by atoms with Crippen molar-refractivity contribution in [2.24, 2.45) is 0 Å². The lowest BCUT2D eigenvalue weighted by Crippen LogP contribution is -2.40. The SMILES string of the molecule is CCCCNc1cc(N)[n+](CCCC)c(SCc2ccccc2)c1C#N. The Bertz CT molecular complexity index is 738. The van der Waals surface area contributed by atoms with Gasteiger partial charge in [0.05, 0.1) is 18.3 Å². The molecule has 4 nitrogen and oxygen atoms in total. The van der Waals surface area contributed by atoms with Crippen LogP contribution in [0.3, 0.4) is 0 Å². The number of aromatic nitrogens is 1. The molecule has 3 N–H and O–H groups in total. The summed E-state index contributed by atoms with van der Waals surface area (Å²) < 4.78 is 2.10. The molecule has 1 aromatic carbocycles. The normalized spacial score (nSPS) is 10.5. The minimum Gasteiger partial charge on any atom is -0.384 e. The van der Waals surface area contributed by atoms with E-state index >= 15 is 0 Å². The molecule has 2 rings (SSSR count). The van der Waals surface area contributed by atoms with Crippen LogP contribution in [0.2, 0.25) is 0 Å². The Morgan fingerprint density at radius 1 is 1.15 bits per heavy atom. The fourth-order valence-corrected chi connectivity index (χ4v) is 3.88. The Hall–Kier alpha value is -2.19. The van der Waals surface area contributed by atoms with Crippen LogP contribution in [0, 0.1) is 11.3 Å². The average Bonchev–Trinajstić information content (AvgIpc) is 2.66. The Labute approximate surface area is 161 Å². The van der Waals surface area contributed by atoms with E-state index in [9.17, 15) is 5.26 Å². The highest BCUT2D eigenvalue weighted by atomic mass is 32.2. The number of nitrogens with one attached hydrogen (secondary N) is 1. The van der Waals surface area contributed by atoms with Crippen LogP contribution in [-0.4, -0.2) is 6.54 Å². The number of hydrogen-bond donors (Lipinski definition) is 2. The molecule has 0 saturated heterocycles. The molecule has 0 aliphatic rings. The lowest BCUT2D eigenvalue weighted by molar-refractivity contribution is -0.719. The van der Waals surface area contributed by atoms with E-state index in [-0.39, 0.29) is 0 Å². The summed E-state index contributed by atoms with van der Waals surface area (Å²) in [5.74, 6) is 1.53. The molecule has 0 aliphatic carbocycles. The monoisotopic (exact) mass is 369 g/mol. The zero-order chi connectivity index (χ0) is 18.8. The minimum atomic E-state index is 0.701. The number of rotatable bonds is 10. The zero-order valence-corrected chi connectivity index (χ0v) is 16.6. The van der Waals surface area contributed by atoms with Crippen molar-refractivity contribution in [3.8, 4) is 6.07 Å². The van der Waals surface area contributed by atoms with Gasteiger partial charge in [0.25, 0.3) is 5.82 Å². The van der Waals surface area contributed by atoms with Gasteiger partial charge in [-0.15, -0.1) is 0 Å². The lowest BCUT2D eigenvalue weighted by Gasteiger charge is -2.15. The van der Waals surface area contributed by atoms with Crippen molar-refractivity contribution in [1.29, 1.82) is 5.26 Å². The highest BCUT2D eigenvalue weighted by Gasteiger charge is 2.21. The van der Waals surface area contributed by atoms with E-state index in [4.69, 9.17) is 5.73 Å². The third kappa shape index (κ3) is 5.40. The Balaban J connectivity index is 2.36. The molecule has 0 aliphatic heterocycles. The number of nitrogen functional groups attached to an aromatic ring is 1. The van der Waals surface area contributed by atoms with Gasteiger partial charge in [-0.3, -0.25) is 5.73 Å². The highest BCUT2D eigenvalue weighted by Crippen LogP contribution is 2.29. The second-order valence-electron chi connectivity index (χ2n) is 6.33. The number of pyridine rings is 1. The zero-order valence-electron chi connectivity index (χ0n) is 15.8. The molecule has 1 aromatic heterocycles. The smallest absolute Gasteiger partial charge is 0.275 e. The van der Waals surface area contributed by atoms with Crippen LogP contribution in [0.1, 0.15) is 50.7 Å². The topological polar surface area (TPSA) is 65.7 Å². The molecule has 0 unspecified atom stereocenters. The van der Waals surface area contributed by atoms with E-state index < -0.39 is 0 Å². The summed E-state index contributed by atoms with van der Waals surface area (Å²) in [6.45, 7) is 6.02. The molecule has 5 heteroatoms. The van der Waals surface area contributed by atoms with Crippen LogP contribution in [-0.2, 0) is 12.3 Å². The number of nitrogens with two attached hydrogens (primary N) is 1. The second kappa shape index (κ2) is 10.7. The van der Waals surface area contributed by atoms with Gasteiger partial charge in [-0.2, -0.15) is 5.26 Å². The molecular weight excluding hydrogens is 340 g/mol. The van der Waals surface area contributed by atoms with Gasteiger partial charge in [0.1, 0.15) is 11.6 Å². The van der Waals surface area contributed by atoms with Crippen molar-refractivity contribution in [3.63, 3.8) is 0 Å². The molecule has 0 saturated carbocycles. The first-order valence-corrected chi connectivity index (χ1v) is 10.4. The van der Waals surface area contributed by atoms with Crippen molar-refractivity contribution in [2.45, 2.75) is 56.9 Å². The van der Waals surface area contributed by atoms with Gasteiger partial charge < -0.3 is 5.32 Å². The van der Waals surface area contributed by atoms with Gasteiger partial charge >= 0.3 is 0 Å². The molecule has 0 fully saturated rings. The molecule has 2 aromatic rings. The van der Waals surface area contributed by atoms with Crippen LogP contribution < -0.4 is 15.6 Å². The van der Waals surface area contributed by atoms with Crippen molar-refractivity contribution < 1.29 is 4.57 Å². The molecule has 0 radical (unpaired) electrons. The number of nitriles is 1. The van der Waals surface area contributed by atoms with E-state index in [1.165, 1.54) is 5.56 Å². The lowest BCUT2D eigenvalue weighted by atomic mass is 10.2. The Kier molecular flexibility index (Phi) is 8.30. The van der Waals surface area contributed by atoms with Crippen molar-refractivity contribution in [1.82, 2.24) is 0 Å². The molecular formula is C21H29N4S+. The van der Waals surface area contributed by atoms with Gasteiger partial charge in [0.15, 0.2) is 5.03 Å². The van der Waals surface area contributed by atoms with Crippen LogP contribution in [0.5, 0.6) is 0 Å². The van der Waals surface area contributed by atoms with E-state index in [1.807, 2.05) is 24.3 Å².